The summed E-state index contributed by atoms with van der Waals surface area (Å²) in [6, 6.07) is -0.152. The van der Waals surface area contributed by atoms with Crippen molar-refractivity contribution in [1.29, 1.82) is 0 Å². The smallest absolute Gasteiger partial charge is 0.163 e. The summed E-state index contributed by atoms with van der Waals surface area (Å²) in [5.74, 6) is 0.704. The lowest BCUT2D eigenvalue weighted by molar-refractivity contribution is 0.509. The number of sulfone groups is 1. The summed E-state index contributed by atoms with van der Waals surface area (Å²) in [4.78, 5) is 8.10. The van der Waals surface area contributed by atoms with Gasteiger partial charge in [-0.25, -0.2) is 23.1 Å². The van der Waals surface area contributed by atoms with Gasteiger partial charge < -0.3 is 5.73 Å². The van der Waals surface area contributed by atoms with Crippen LogP contribution in [0.2, 0.25) is 0 Å². The second-order valence-corrected chi connectivity index (χ2v) is 6.77. The summed E-state index contributed by atoms with van der Waals surface area (Å²) < 4.78 is 24.7. The highest BCUT2D eigenvalue weighted by Gasteiger charge is 2.31. The fraction of sp³-hybridized carbons (Fsp3) is 0.583. The molecule has 20 heavy (non-hydrogen) atoms. The number of hydrogen-bond donors (Lipinski definition) is 1. The largest absolute Gasteiger partial charge is 0.383 e. The molecule has 110 valence electrons. The Hall–Kier alpha value is -1.70. The number of hydrogen-bond acceptors (Lipinski definition) is 6. The summed E-state index contributed by atoms with van der Waals surface area (Å²) in [5.41, 5.74) is 7.14. The van der Waals surface area contributed by atoms with E-state index in [1.165, 1.54) is 6.33 Å². The van der Waals surface area contributed by atoms with Gasteiger partial charge in [0, 0.05) is 0 Å². The van der Waals surface area contributed by atoms with Crippen LogP contribution in [0.25, 0.3) is 11.0 Å². The van der Waals surface area contributed by atoms with Gasteiger partial charge >= 0.3 is 0 Å². The highest BCUT2D eigenvalue weighted by atomic mass is 32.2. The third kappa shape index (κ3) is 2.47. The second-order valence-electron chi connectivity index (χ2n) is 4.54. The van der Waals surface area contributed by atoms with E-state index in [2.05, 4.69) is 15.1 Å². The maximum Gasteiger partial charge on any atom is 0.163 e. The molecule has 1 fully saturated rings. The van der Waals surface area contributed by atoms with Crippen molar-refractivity contribution in [3.8, 4) is 0 Å². The minimum atomic E-state index is -2.95. The Kier molecular flexibility index (Phi) is 3.94. The standard InChI is InChI=1S/C10H13N5O2S.C2H6/c1-6-8-9(11)12-5-13-10(8)15(14-6)7-2-3-18(16,17)4-7;1-2/h5,7H,2-4H2,1H3,(H2,11,12,13);1-2H3. The molecule has 0 aromatic carbocycles. The van der Waals surface area contributed by atoms with Gasteiger partial charge in [0.25, 0.3) is 0 Å². The Balaban J connectivity index is 0.000000704. The number of rotatable bonds is 1. The third-order valence-corrected chi connectivity index (χ3v) is 5.00. The first-order valence-corrected chi connectivity index (χ1v) is 8.46. The molecule has 2 aromatic rings. The van der Waals surface area contributed by atoms with E-state index in [1.807, 2.05) is 20.8 Å². The van der Waals surface area contributed by atoms with Crippen LogP contribution in [0.4, 0.5) is 5.82 Å². The quantitative estimate of drug-likeness (QED) is 0.845. The molecule has 8 heteroatoms. The van der Waals surface area contributed by atoms with Gasteiger partial charge in [-0.1, -0.05) is 13.8 Å². The molecule has 1 aliphatic rings. The summed E-state index contributed by atoms with van der Waals surface area (Å²) in [6.45, 7) is 5.82. The average Bonchev–Trinajstić information content (AvgIpc) is 2.93. The van der Waals surface area contributed by atoms with Gasteiger partial charge in [0.2, 0.25) is 0 Å². The van der Waals surface area contributed by atoms with E-state index < -0.39 is 9.84 Å². The van der Waals surface area contributed by atoms with Gasteiger partial charge in [-0.3, -0.25) is 0 Å². The van der Waals surface area contributed by atoms with Crippen molar-refractivity contribution < 1.29 is 8.42 Å². The van der Waals surface area contributed by atoms with Gasteiger partial charge in [0.1, 0.15) is 12.1 Å². The molecule has 1 aliphatic heterocycles. The van der Waals surface area contributed by atoms with Crippen LogP contribution in [-0.4, -0.2) is 39.7 Å². The van der Waals surface area contributed by atoms with Crippen molar-refractivity contribution in [2.45, 2.75) is 33.2 Å². The number of aryl methyl sites for hydroxylation is 1. The van der Waals surface area contributed by atoms with Crippen LogP contribution in [0.1, 0.15) is 32.0 Å². The molecule has 0 bridgehead atoms. The lowest BCUT2D eigenvalue weighted by Gasteiger charge is -2.08. The van der Waals surface area contributed by atoms with Gasteiger partial charge in [-0.05, 0) is 13.3 Å². The van der Waals surface area contributed by atoms with Crippen molar-refractivity contribution in [1.82, 2.24) is 19.7 Å². The highest BCUT2D eigenvalue weighted by molar-refractivity contribution is 7.91. The summed E-state index contributed by atoms with van der Waals surface area (Å²) in [7, 11) is -2.95. The van der Waals surface area contributed by atoms with Crippen molar-refractivity contribution in [3.05, 3.63) is 12.0 Å². The lowest BCUT2D eigenvalue weighted by atomic mass is 10.2. The summed E-state index contributed by atoms with van der Waals surface area (Å²) in [5, 5.41) is 5.08. The van der Waals surface area contributed by atoms with Crippen LogP contribution in [0, 0.1) is 6.92 Å². The predicted octanol–water partition coefficient (Wildman–Crippen LogP) is 1.10. The molecular formula is C12H19N5O2S. The molecule has 3 heterocycles. The Labute approximate surface area is 118 Å². The number of nitrogens with two attached hydrogens (primary N) is 1. The second kappa shape index (κ2) is 5.35. The van der Waals surface area contributed by atoms with Crippen LogP contribution < -0.4 is 5.73 Å². The molecular weight excluding hydrogens is 278 g/mol. The zero-order chi connectivity index (χ0) is 14.9. The van der Waals surface area contributed by atoms with E-state index >= 15 is 0 Å². The maximum absolute atomic E-state index is 11.5. The summed E-state index contributed by atoms with van der Waals surface area (Å²) in [6.07, 6.45) is 1.95. The van der Waals surface area contributed by atoms with Crippen molar-refractivity contribution in [2.75, 3.05) is 17.2 Å². The minimum Gasteiger partial charge on any atom is -0.383 e. The molecule has 2 N–H and O–H groups in total. The lowest BCUT2D eigenvalue weighted by Crippen LogP contribution is -2.13. The third-order valence-electron chi connectivity index (χ3n) is 3.25. The summed E-state index contributed by atoms with van der Waals surface area (Å²) >= 11 is 0. The van der Waals surface area contributed by atoms with Gasteiger partial charge in [-0.15, -0.1) is 0 Å². The van der Waals surface area contributed by atoms with Gasteiger partial charge in [-0.2, -0.15) is 5.10 Å². The fourth-order valence-electron chi connectivity index (χ4n) is 2.39. The first-order valence-electron chi connectivity index (χ1n) is 6.63. The molecule has 0 radical (unpaired) electrons. The van der Waals surface area contributed by atoms with E-state index in [9.17, 15) is 8.42 Å². The molecule has 0 spiro atoms. The van der Waals surface area contributed by atoms with Crippen LogP contribution >= 0.6 is 0 Å². The molecule has 1 atom stereocenters. The molecule has 1 saturated heterocycles. The number of nitrogen functional groups attached to an aromatic ring is 1. The number of anilines is 1. The van der Waals surface area contributed by atoms with Crippen molar-refractivity contribution in [3.63, 3.8) is 0 Å². The molecule has 3 rings (SSSR count). The normalized spacial score (nSPS) is 20.6. The Morgan fingerprint density at radius 2 is 2.05 bits per heavy atom. The van der Waals surface area contributed by atoms with E-state index in [-0.39, 0.29) is 17.5 Å². The van der Waals surface area contributed by atoms with Crippen molar-refractivity contribution >= 4 is 26.7 Å². The molecule has 0 saturated carbocycles. The van der Waals surface area contributed by atoms with Gasteiger partial charge in [0.15, 0.2) is 15.5 Å². The molecule has 1 unspecified atom stereocenters. The van der Waals surface area contributed by atoms with Crippen LogP contribution in [-0.2, 0) is 9.84 Å². The highest BCUT2D eigenvalue weighted by Crippen LogP contribution is 2.28. The fourth-order valence-corrected chi connectivity index (χ4v) is 4.08. The minimum absolute atomic E-state index is 0.118. The molecule has 7 nitrogen and oxygen atoms in total. The number of nitrogens with zero attached hydrogens (tertiary/aromatic N) is 4. The average molecular weight is 297 g/mol. The van der Waals surface area contributed by atoms with E-state index in [1.54, 1.807) is 4.68 Å². The molecule has 0 aliphatic carbocycles. The number of aromatic nitrogens is 4. The Morgan fingerprint density at radius 1 is 1.35 bits per heavy atom. The predicted molar refractivity (Wildman–Crippen MR) is 78.1 cm³/mol. The van der Waals surface area contributed by atoms with Crippen LogP contribution in [0.3, 0.4) is 0 Å². The van der Waals surface area contributed by atoms with E-state index in [0.717, 1.165) is 5.69 Å². The maximum atomic E-state index is 11.5. The van der Waals surface area contributed by atoms with E-state index in [0.29, 0.717) is 23.3 Å². The van der Waals surface area contributed by atoms with E-state index in [4.69, 9.17) is 5.73 Å². The SMILES string of the molecule is CC.Cc1nn(C2CCS(=O)(=O)C2)c2ncnc(N)c12. The van der Waals surface area contributed by atoms with Crippen molar-refractivity contribution in [2.24, 2.45) is 0 Å². The number of fused-ring (bicyclic) bond motifs is 1. The van der Waals surface area contributed by atoms with Gasteiger partial charge in [0.05, 0.1) is 28.6 Å². The first-order chi connectivity index (χ1) is 9.48. The molecule has 0 amide bonds. The monoisotopic (exact) mass is 297 g/mol. The Morgan fingerprint density at radius 3 is 2.65 bits per heavy atom. The zero-order valence-electron chi connectivity index (χ0n) is 11.9. The zero-order valence-corrected chi connectivity index (χ0v) is 12.7. The first kappa shape index (κ1) is 14.7. The van der Waals surface area contributed by atoms with Crippen LogP contribution in [0.5, 0.6) is 0 Å². The topological polar surface area (TPSA) is 104 Å². The Bertz CT molecular complexity index is 723. The molecule has 2 aromatic heterocycles. The van der Waals surface area contributed by atoms with Crippen LogP contribution in [0.15, 0.2) is 6.33 Å².